The van der Waals surface area contributed by atoms with Gasteiger partial charge >= 0.3 is 5.97 Å². The minimum Gasteiger partial charge on any atom is -0.463 e. The van der Waals surface area contributed by atoms with Gasteiger partial charge in [-0.05, 0) is 36.1 Å². The third-order valence-corrected chi connectivity index (χ3v) is 8.98. The summed E-state index contributed by atoms with van der Waals surface area (Å²) in [7, 11) is -3.81. The average Bonchev–Trinajstić information content (AvgIpc) is 3.52. The smallest absolute Gasteiger partial charge is 0.338 e. The zero-order valence-electron chi connectivity index (χ0n) is 17.6. The second kappa shape index (κ2) is 10.4. The molecule has 0 fully saturated rings. The maximum Gasteiger partial charge on any atom is 0.338 e. The van der Waals surface area contributed by atoms with Crippen LogP contribution in [-0.2, 0) is 19.6 Å². The first-order valence-corrected chi connectivity index (χ1v) is 14.0. The van der Waals surface area contributed by atoms with Crippen LogP contribution in [0.25, 0.3) is 0 Å². The number of aliphatic imine (C=N–C) groups is 1. The molecule has 13 heteroatoms. The number of carbonyl (C=O) groups excluding carboxylic acids is 1. The normalized spacial score (nSPS) is 16.2. The number of sulfonamides is 1. The molecule has 1 unspecified atom stereocenters. The molecule has 1 aliphatic rings. The summed E-state index contributed by atoms with van der Waals surface area (Å²) >= 11 is 5.76. The van der Waals surface area contributed by atoms with Crippen molar-refractivity contribution in [2.45, 2.75) is 17.2 Å². The molecule has 0 saturated heterocycles. The van der Waals surface area contributed by atoms with Gasteiger partial charge in [0, 0.05) is 21.7 Å². The van der Waals surface area contributed by atoms with E-state index in [-0.39, 0.29) is 28.6 Å². The van der Waals surface area contributed by atoms with Crippen LogP contribution >= 0.6 is 38.6 Å². The predicted molar refractivity (Wildman–Crippen MR) is 132 cm³/mol. The molecular formula is C21H18BrFN4O4S3. The number of aromatic nitrogens is 1. The molecule has 0 saturated carbocycles. The zero-order chi connectivity index (χ0) is 24.3. The number of nitrogens with one attached hydrogen (secondary N) is 2. The Morgan fingerprint density at radius 3 is 2.76 bits per heavy atom. The highest BCUT2D eigenvalue weighted by atomic mass is 79.9. The van der Waals surface area contributed by atoms with Crippen molar-refractivity contribution in [2.24, 2.45) is 4.99 Å². The maximum atomic E-state index is 13.8. The van der Waals surface area contributed by atoms with Gasteiger partial charge in [-0.3, -0.25) is 4.99 Å². The van der Waals surface area contributed by atoms with Gasteiger partial charge in [-0.2, -0.15) is 0 Å². The number of esters is 1. The van der Waals surface area contributed by atoms with E-state index >= 15 is 0 Å². The quantitative estimate of drug-likeness (QED) is 0.387. The number of hydrogen-bond acceptors (Lipinski definition) is 9. The van der Waals surface area contributed by atoms with Crippen LogP contribution in [-0.4, -0.2) is 38.4 Å². The van der Waals surface area contributed by atoms with Crippen LogP contribution in [0.1, 0.15) is 23.5 Å². The molecule has 1 aromatic carbocycles. The molecule has 2 aromatic heterocycles. The lowest BCUT2D eigenvalue weighted by molar-refractivity contribution is -0.139. The van der Waals surface area contributed by atoms with Gasteiger partial charge < -0.3 is 10.1 Å². The van der Waals surface area contributed by atoms with Crippen molar-refractivity contribution in [3.8, 4) is 0 Å². The summed E-state index contributed by atoms with van der Waals surface area (Å²) in [5, 5.41) is 7.03. The number of amidine groups is 1. The van der Waals surface area contributed by atoms with Crippen LogP contribution in [0.2, 0.25) is 0 Å². The fourth-order valence-corrected chi connectivity index (χ4v) is 6.42. The molecule has 0 spiro atoms. The van der Waals surface area contributed by atoms with Gasteiger partial charge in [0.25, 0.3) is 0 Å². The van der Waals surface area contributed by atoms with Gasteiger partial charge in [-0.1, -0.05) is 28.1 Å². The lowest BCUT2D eigenvalue weighted by Crippen LogP contribution is -2.39. The van der Waals surface area contributed by atoms with E-state index in [9.17, 15) is 17.6 Å². The van der Waals surface area contributed by atoms with Crippen molar-refractivity contribution in [1.29, 1.82) is 0 Å². The summed E-state index contributed by atoms with van der Waals surface area (Å²) in [6, 6.07) is 6.29. The van der Waals surface area contributed by atoms with Crippen LogP contribution < -0.4 is 10.0 Å². The molecule has 4 rings (SSSR count). The zero-order valence-corrected chi connectivity index (χ0v) is 21.7. The molecule has 2 N–H and O–H groups in total. The Bertz CT molecular complexity index is 1360. The fourth-order valence-electron chi connectivity index (χ4n) is 3.24. The van der Waals surface area contributed by atoms with E-state index in [2.05, 4.69) is 35.9 Å². The number of benzene rings is 1. The molecule has 1 atom stereocenters. The SMILES string of the molecule is CCOC(=O)C1=C(CNS(=O)(=O)c2cccs2)NC(c2nccs2)=NC1c1ccc(F)cc1Br. The van der Waals surface area contributed by atoms with Crippen molar-refractivity contribution in [3.63, 3.8) is 0 Å². The number of hydrogen-bond donors (Lipinski definition) is 2. The summed E-state index contributed by atoms with van der Waals surface area (Å²) < 4.78 is 47.6. The summed E-state index contributed by atoms with van der Waals surface area (Å²) in [6.07, 6.45) is 1.61. The molecule has 3 heterocycles. The lowest BCUT2D eigenvalue weighted by Gasteiger charge is -2.27. The third kappa shape index (κ3) is 5.28. The summed E-state index contributed by atoms with van der Waals surface area (Å²) in [5.41, 5.74) is 0.891. The Kier molecular flexibility index (Phi) is 7.57. The van der Waals surface area contributed by atoms with Gasteiger partial charge in [0.15, 0.2) is 10.8 Å². The average molecular weight is 586 g/mol. The largest absolute Gasteiger partial charge is 0.463 e. The van der Waals surface area contributed by atoms with E-state index in [1.165, 1.54) is 35.6 Å². The second-order valence-corrected chi connectivity index (χ2v) is 11.6. The van der Waals surface area contributed by atoms with Crippen LogP contribution in [0.15, 0.2) is 72.2 Å². The molecule has 0 bridgehead atoms. The molecule has 0 radical (unpaired) electrons. The van der Waals surface area contributed by atoms with E-state index in [4.69, 9.17) is 4.74 Å². The molecule has 0 amide bonds. The van der Waals surface area contributed by atoms with Crippen molar-refractivity contribution in [3.05, 3.63) is 79.4 Å². The molecule has 3 aromatic rings. The van der Waals surface area contributed by atoms with Crippen LogP contribution in [0, 0.1) is 5.82 Å². The van der Waals surface area contributed by atoms with E-state index in [1.54, 1.807) is 29.9 Å². The monoisotopic (exact) mass is 584 g/mol. The number of thiophene rings is 1. The molecule has 34 heavy (non-hydrogen) atoms. The summed E-state index contributed by atoms with van der Waals surface area (Å²) in [4.78, 5) is 22.0. The molecular weight excluding hydrogens is 567 g/mol. The summed E-state index contributed by atoms with van der Waals surface area (Å²) in [5.74, 6) is -0.766. The van der Waals surface area contributed by atoms with E-state index < -0.39 is 27.9 Å². The summed E-state index contributed by atoms with van der Waals surface area (Å²) in [6.45, 7) is 1.55. The van der Waals surface area contributed by atoms with Gasteiger partial charge in [0.2, 0.25) is 10.0 Å². The fraction of sp³-hybridized carbons (Fsp3) is 0.190. The van der Waals surface area contributed by atoms with Crippen molar-refractivity contribution < 1.29 is 22.3 Å². The highest BCUT2D eigenvalue weighted by Gasteiger charge is 2.34. The van der Waals surface area contributed by atoms with Crippen LogP contribution in [0.5, 0.6) is 0 Å². The first-order chi connectivity index (χ1) is 16.3. The molecule has 178 valence electrons. The minimum atomic E-state index is -3.81. The Morgan fingerprint density at radius 1 is 1.29 bits per heavy atom. The number of thiazole rings is 1. The van der Waals surface area contributed by atoms with Gasteiger partial charge in [0.05, 0.1) is 18.7 Å². The third-order valence-electron chi connectivity index (χ3n) is 4.71. The van der Waals surface area contributed by atoms with Crippen molar-refractivity contribution >= 4 is 60.4 Å². The number of ether oxygens (including phenoxy) is 1. The first-order valence-electron chi connectivity index (χ1n) is 9.93. The molecule has 8 nitrogen and oxygen atoms in total. The highest BCUT2D eigenvalue weighted by molar-refractivity contribution is 9.10. The number of nitrogens with zero attached hydrogens (tertiary/aromatic N) is 2. The van der Waals surface area contributed by atoms with Gasteiger partial charge in [-0.15, -0.1) is 22.7 Å². The van der Waals surface area contributed by atoms with Crippen LogP contribution in [0.4, 0.5) is 4.39 Å². The topological polar surface area (TPSA) is 110 Å². The Balaban J connectivity index is 1.81. The van der Waals surface area contributed by atoms with Crippen molar-refractivity contribution in [2.75, 3.05) is 13.2 Å². The molecule has 0 aliphatic carbocycles. The number of carbonyl (C=O) groups is 1. The standard InChI is InChI=1S/C21H18BrFN4O4S3/c1-2-31-21(28)17-15(11-25-34(29,30)16-4-3-8-32-16)26-19(20-24-7-9-33-20)27-18(17)13-6-5-12(23)10-14(13)22/h3-10,18,25H,2,11H2,1H3,(H,26,27). The highest BCUT2D eigenvalue weighted by Crippen LogP contribution is 2.36. The Hall–Kier alpha value is -2.45. The predicted octanol–water partition coefficient (Wildman–Crippen LogP) is 3.99. The Labute approximate surface area is 211 Å². The van der Waals surface area contributed by atoms with Crippen LogP contribution in [0.3, 0.4) is 0 Å². The minimum absolute atomic E-state index is 0.108. The van der Waals surface area contributed by atoms with Crippen molar-refractivity contribution in [1.82, 2.24) is 15.0 Å². The van der Waals surface area contributed by atoms with E-state index in [1.807, 2.05) is 0 Å². The lowest BCUT2D eigenvalue weighted by atomic mass is 9.95. The van der Waals surface area contributed by atoms with E-state index in [0.717, 1.165) is 11.3 Å². The first kappa shape index (κ1) is 24.7. The number of rotatable bonds is 8. The second-order valence-electron chi connectivity index (χ2n) is 6.88. The molecule has 1 aliphatic heterocycles. The maximum absolute atomic E-state index is 13.8. The Morgan fingerprint density at radius 2 is 2.12 bits per heavy atom. The van der Waals surface area contributed by atoms with Gasteiger partial charge in [-0.25, -0.2) is 27.3 Å². The van der Waals surface area contributed by atoms with E-state index in [0.29, 0.717) is 20.9 Å². The van der Waals surface area contributed by atoms with Gasteiger partial charge in [0.1, 0.15) is 16.1 Å². The number of halogens is 2.